The number of anilines is 3. The van der Waals surface area contributed by atoms with Crippen molar-refractivity contribution in [1.82, 2.24) is 9.13 Å². The summed E-state index contributed by atoms with van der Waals surface area (Å²) in [6, 6.07) is 3.97. The van der Waals surface area contributed by atoms with Crippen LogP contribution in [0, 0.1) is 20.8 Å². The summed E-state index contributed by atoms with van der Waals surface area (Å²) in [6.07, 6.45) is 3.74. The third-order valence-corrected chi connectivity index (χ3v) is 5.81. The lowest BCUT2D eigenvalue weighted by Gasteiger charge is -2.30. The molecule has 31 heavy (non-hydrogen) atoms. The number of nitrogen functional groups attached to an aromatic ring is 1. The van der Waals surface area contributed by atoms with E-state index in [1.54, 1.807) is 0 Å². The molecule has 0 unspecified atom stereocenters. The number of hydrogen-bond donors (Lipinski definition) is 2. The topological polar surface area (TPSA) is 102 Å². The molecule has 1 aliphatic rings. The summed E-state index contributed by atoms with van der Waals surface area (Å²) in [4.78, 5) is 41.1. The third-order valence-electron chi connectivity index (χ3n) is 5.81. The van der Waals surface area contributed by atoms with E-state index < -0.39 is 17.2 Å². The molecular weight excluding hydrogens is 394 g/mol. The monoisotopic (exact) mass is 427 g/mol. The van der Waals surface area contributed by atoms with E-state index >= 15 is 0 Å². The molecule has 2 heterocycles. The van der Waals surface area contributed by atoms with Crippen molar-refractivity contribution >= 4 is 23.1 Å². The number of nitrogens with one attached hydrogen (secondary N) is 1. The number of amides is 1. The fourth-order valence-electron chi connectivity index (χ4n) is 4.39. The van der Waals surface area contributed by atoms with Gasteiger partial charge in [-0.3, -0.25) is 14.2 Å². The molecule has 0 saturated carbocycles. The number of aryl methyl sites for hydroxylation is 3. The van der Waals surface area contributed by atoms with Crippen molar-refractivity contribution in [1.29, 1.82) is 0 Å². The van der Waals surface area contributed by atoms with E-state index in [0.717, 1.165) is 53.6 Å². The lowest BCUT2D eigenvalue weighted by molar-refractivity contribution is -0.116. The number of hydrogen-bond acceptors (Lipinski definition) is 5. The van der Waals surface area contributed by atoms with Crippen molar-refractivity contribution < 1.29 is 4.79 Å². The van der Waals surface area contributed by atoms with Crippen LogP contribution in [0.3, 0.4) is 0 Å². The van der Waals surface area contributed by atoms with Crippen LogP contribution in [-0.2, 0) is 17.9 Å². The van der Waals surface area contributed by atoms with Crippen LogP contribution in [-0.4, -0.2) is 28.1 Å². The van der Waals surface area contributed by atoms with E-state index in [9.17, 15) is 14.4 Å². The predicted molar refractivity (Wildman–Crippen MR) is 125 cm³/mol. The lowest BCUT2D eigenvalue weighted by atomic mass is 10.1. The highest BCUT2D eigenvalue weighted by Gasteiger charge is 2.24. The molecule has 1 aliphatic heterocycles. The smallest absolute Gasteiger partial charge is 0.333 e. The number of piperidine rings is 1. The van der Waals surface area contributed by atoms with Gasteiger partial charge in [0.05, 0.1) is 0 Å². The van der Waals surface area contributed by atoms with Gasteiger partial charge in [0, 0.05) is 25.3 Å². The number of nitrogens with two attached hydrogens (primary N) is 1. The zero-order valence-electron chi connectivity index (χ0n) is 19.0. The van der Waals surface area contributed by atoms with Crippen LogP contribution >= 0.6 is 0 Å². The summed E-state index contributed by atoms with van der Waals surface area (Å²) >= 11 is 0. The minimum absolute atomic E-state index is 0.195. The predicted octanol–water partition coefficient (Wildman–Crippen LogP) is 2.56. The second kappa shape index (κ2) is 9.41. The first kappa shape index (κ1) is 22.7. The first-order chi connectivity index (χ1) is 14.7. The highest BCUT2D eigenvalue weighted by Crippen LogP contribution is 2.23. The van der Waals surface area contributed by atoms with E-state index in [4.69, 9.17) is 5.73 Å². The van der Waals surface area contributed by atoms with E-state index in [1.165, 1.54) is 4.57 Å². The first-order valence-electron chi connectivity index (χ1n) is 11.0. The van der Waals surface area contributed by atoms with Gasteiger partial charge < -0.3 is 16.0 Å². The Labute approximate surface area is 182 Å². The van der Waals surface area contributed by atoms with Gasteiger partial charge in [0.1, 0.15) is 18.1 Å². The molecule has 1 aromatic heterocycles. The second-order valence-electron chi connectivity index (χ2n) is 8.43. The zero-order chi connectivity index (χ0) is 22.7. The average molecular weight is 428 g/mol. The van der Waals surface area contributed by atoms with E-state index in [1.807, 2.05) is 44.7 Å². The fourth-order valence-corrected chi connectivity index (χ4v) is 4.39. The number of nitrogens with zero attached hydrogens (tertiary/aromatic N) is 3. The molecule has 3 rings (SSSR count). The molecule has 0 aliphatic carbocycles. The molecule has 8 heteroatoms. The summed E-state index contributed by atoms with van der Waals surface area (Å²) in [7, 11) is 0. The molecule has 0 atom stereocenters. The number of aromatic nitrogens is 2. The largest absolute Gasteiger partial charge is 0.383 e. The Morgan fingerprint density at radius 1 is 1.03 bits per heavy atom. The summed E-state index contributed by atoms with van der Waals surface area (Å²) in [5.74, 6) is -0.215. The van der Waals surface area contributed by atoms with Crippen molar-refractivity contribution in [2.45, 2.75) is 66.5 Å². The molecule has 2 aromatic rings. The van der Waals surface area contributed by atoms with Crippen LogP contribution in [0.15, 0.2) is 21.7 Å². The highest BCUT2D eigenvalue weighted by atomic mass is 16.2. The van der Waals surface area contributed by atoms with Crippen LogP contribution in [0.25, 0.3) is 0 Å². The van der Waals surface area contributed by atoms with E-state index in [2.05, 4.69) is 5.32 Å². The SMILES string of the molecule is CCCn1c(N)c(N2CCCCC2)c(=O)n(CC(=O)Nc2c(C)cc(C)cc2C)c1=O. The maximum Gasteiger partial charge on any atom is 0.333 e. The maximum atomic E-state index is 13.3. The standard InChI is InChI=1S/C23H33N5O3/c1-5-9-27-21(24)20(26-10-7-6-8-11-26)22(30)28(23(27)31)14-18(29)25-19-16(3)12-15(2)13-17(19)4/h12-13H,5-11,14,24H2,1-4H3,(H,25,29). The highest BCUT2D eigenvalue weighted by molar-refractivity contribution is 5.92. The van der Waals surface area contributed by atoms with Crippen LogP contribution in [0.5, 0.6) is 0 Å². The van der Waals surface area contributed by atoms with Gasteiger partial charge in [-0.25, -0.2) is 9.36 Å². The average Bonchev–Trinajstić information content (AvgIpc) is 2.72. The van der Waals surface area contributed by atoms with Gasteiger partial charge in [0.2, 0.25) is 5.91 Å². The van der Waals surface area contributed by atoms with Crippen molar-refractivity contribution in [3.63, 3.8) is 0 Å². The summed E-state index contributed by atoms with van der Waals surface area (Å²) in [5.41, 5.74) is 9.28. The Bertz CT molecular complexity index is 1070. The molecule has 8 nitrogen and oxygen atoms in total. The normalized spacial score (nSPS) is 14.0. The van der Waals surface area contributed by atoms with E-state index in [0.29, 0.717) is 24.3 Å². The minimum Gasteiger partial charge on any atom is -0.383 e. The molecule has 1 aromatic carbocycles. The minimum atomic E-state index is -0.544. The van der Waals surface area contributed by atoms with Gasteiger partial charge in [-0.05, 0) is 57.6 Å². The van der Waals surface area contributed by atoms with Gasteiger partial charge >= 0.3 is 5.69 Å². The van der Waals surface area contributed by atoms with Crippen LogP contribution in [0.1, 0.15) is 49.3 Å². The van der Waals surface area contributed by atoms with Gasteiger partial charge in [-0.1, -0.05) is 24.6 Å². The summed E-state index contributed by atoms with van der Waals surface area (Å²) in [5, 5.41) is 2.88. The number of carbonyl (C=O) groups is 1. The molecule has 0 radical (unpaired) electrons. The van der Waals surface area contributed by atoms with Gasteiger partial charge in [0.25, 0.3) is 5.56 Å². The molecule has 168 valence electrons. The van der Waals surface area contributed by atoms with Gasteiger partial charge in [-0.15, -0.1) is 0 Å². The molecular formula is C23H33N5O3. The fraction of sp³-hybridized carbons (Fsp3) is 0.522. The summed E-state index contributed by atoms with van der Waals surface area (Å²) in [6.45, 7) is 9.27. The first-order valence-corrected chi connectivity index (χ1v) is 11.0. The molecule has 1 amide bonds. The van der Waals surface area contributed by atoms with Crippen molar-refractivity contribution in [3.8, 4) is 0 Å². The van der Waals surface area contributed by atoms with Crippen molar-refractivity contribution in [2.75, 3.05) is 29.0 Å². The van der Waals surface area contributed by atoms with Crippen LogP contribution < -0.4 is 27.2 Å². The molecule has 3 N–H and O–H groups in total. The Morgan fingerprint density at radius 3 is 2.23 bits per heavy atom. The van der Waals surface area contributed by atoms with Crippen LogP contribution in [0.2, 0.25) is 0 Å². The molecule has 1 saturated heterocycles. The van der Waals surface area contributed by atoms with E-state index in [-0.39, 0.29) is 12.4 Å². The number of carbonyl (C=O) groups excluding carboxylic acids is 1. The Balaban J connectivity index is 2.00. The quantitative estimate of drug-likeness (QED) is 0.738. The Kier molecular flexibility index (Phi) is 6.87. The zero-order valence-corrected chi connectivity index (χ0v) is 19.0. The third kappa shape index (κ3) is 4.68. The maximum absolute atomic E-state index is 13.3. The molecule has 0 bridgehead atoms. The summed E-state index contributed by atoms with van der Waals surface area (Å²) < 4.78 is 2.44. The second-order valence-corrected chi connectivity index (χ2v) is 8.43. The number of rotatable bonds is 6. The lowest BCUT2D eigenvalue weighted by Crippen LogP contribution is -2.47. The van der Waals surface area contributed by atoms with Crippen molar-refractivity contribution in [3.05, 3.63) is 49.7 Å². The van der Waals surface area contributed by atoms with Gasteiger partial charge in [0.15, 0.2) is 0 Å². The Hall–Kier alpha value is -3.03. The van der Waals surface area contributed by atoms with Gasteiger partial charge in [-0.2, -0.15) is 0 Å². The number of benzene rings is 1. The Morgan fingerprint density at radius 2 is 1.65 bits per heavy atom. The molecule has 0 spiro atoms. The van der Waals surface area contributed by atoms with Crippen molar-refractivity contribution in [2.24, 2.45) is 0 Å². The van der Waals surface area contributed by atoms with Crippen LogP contribution in [0.4, 0.5) is 17.2 Å². The molecule has 1 fully saturated rings.